The maximum Gasteiger partial charge on any atom is 0.0708 e. The van der Waals surface area contributed by atoms with Gasteiger partial charge in [-0.3, -0.25) is 4.98 Å². The Morgan fingerprint density at radius 2 is 1.78 bits per heavy atom. The zero-order valence-corrected chi connectivity index (χ0v) is 15.0. The number of hydrogen-bond donors (Lipinski definition) is 1. The van der Waals surface area contributed by atoms with E-state index in [0.29, 0.717) is 17.9 Å². The van der Waals surface area contributed by atoms with E-state index in [1.54, 1.807) is 0 Å². The molecule has 23 heavy (non-hydrogen) atoms. The number of nitrogens with zero attached hydrogens (tertiary/aromatic N) is 1. The van der Waals surface area contributed by atoms with Crippen LogP contribution >= 0.6 is 0 Å². The van der Waals surface area contributed by atoms with Crippen molar-refractivity contribution in [2.75, 3.05) is 0 Å². The van der Waals surface area contributed by atoms with Crippen LogP contribution in [0.1, 0.15) is 82.0 Å². The third-order valence-electron chi connectivity index (χ3n) is 5.13. The Balaban J connectivity index is 1.97. The van der Waals surface area contributed by atoms with Gasteiger partial charge in [-0.2, -0.15) is 0 Å². The molecule has 0 radical (unpaired) electrons. The van der Waals surface area contributed by atoms with E-state index in [0.717, 1.165) is 12.1 Å². The minimum absolute atomic E-state index is 0.467. The summed E-state index contributed by atoms with van der Waals surface area (Å²) < 4.78 is 0. The van der Waals surface area contributed by atoms with Gasteiger partial charge in [-0.15, -0.1) is 0 Å². The first-order valence-corrected chi connectivity index (χ1v) is 9.21. The van der Waals surface area contributed by atoms with Crippen LogP contribution in [-0.2, 0) is 6.54 Å². The first-order chi connectivity index (χ1) is 11.0. The zero-order chi connectivity index (χ0) is 16.4. The molecule has 0 saturated heterocycles. The first kappa shape index (κ1) is 16.4. The van der Waals surface area contributed by atoms with Gasteiger partial charge < -0.3 is 5.32 Å². The summed E-state index contributed by atoms with van der Waals surface area (Å²) in [5, 5.41) is 5.10. The van der Waals surface area contributed by atoms with Crippen molar-refractivity contribution in [2.45, 2.75) is 77.8 Å². The van der Waals surface area contributed by atoms with Crippen LogP contribution in [0.5, 0.6) is 0 Å². The average molecular weight is 310 g/mol. The van der Waals surface area contributed by atoms with Gasteiger partial charge in [0, 0.05) is 23.7 Å². The van der Waals surface area contributed by atoms with Crippen molar-refractivity contribution in [2.24, 2.45) is 0 Å². The lowest BCUT2D eigenvalue weighted by molar-refractivity contribution is 0.525. The van der Waals surface area contributed by atoms with Gasteiger partial charge in [0.05, 0.1) is 5.52 Å². The molecule has 1 heterocycles. The van der Waals surface area contributed by atoms with Crippen molar-refractivity contribution < 1.29 is 0 Å². The van der Waals surface area contributed by atoms with E-state index in [4.69, 9.17) is 4.98 Å². The predicted molar refractivity (Wildman–Crippen MR) is 99.0 cm³/mol. The summed E-state index contributed by atoms with van der Waals surface area (Å²) in [4.78, 5) is 4.89. The molecule has 0 atom stereocenters. The highest BCUT2D eigenvalue weighted by atomic mass is 14.9. The van der Waals surface area contributed by atoms with E-state index < -0.39 is 0 Å². The molecule has 0 amide bonds. The smallest absolute Gasteiger partial charge is 0.0708 e. The first-order valence-electron chi connectivity index (χ1n) is 9.21. The number of pyridine rings is 1. The van der Waals surface area contributed by atoms with E-state index in [-0.39, 0.29) is 0 Å². The molecule has 0 bridgehead atoms. The number of hydrogen-bond acceptors (Lipinski definition) is 2. The lowest BCUT2D eigenvalue weighted by Crippen LogP contribution is -2.25. The van der Waals surface area contributed by atoms with Crippen molar-refractivity contribution in [1.29, 1.82) is 0 Å². The fourth-order valence-electron chi connectivity index (χ4n) is 3.52. The molecule has 1 N–H and O–H groups in total. The van der Waals surface area contributed by atoms with Gasteiger partial charge in [0.2, 0.25) is 0 Å². The molecular formula is C21H30N2. The third-order valence-corrected chi connectivity index (χ3v) is 5.13. The normalized spacial score (nSPS) is 16.1. The summed E-state index contributed by atoms with van der Waals surface area (Å²) >= 11 is 0. The molecule has 1 aliphatic rings. The van der Waals surface area contributed by atoms with E-state index >= 15 is 0 Å². The SMILES string of the molecule is CC(C)c1ccc2nc(C(C)C)cc(CNC3CCCC3)c2c1. The third kappa shape index (κ3) is 3.74. The van der Waals surface area contributed by atoms with Gasteiger partial charge >= 0.3 is 0 Å². The minimum atomic E-state index is 0.467. The molecule has 2 heteroatoms. The number of fused-ring (bicyclic) bond motifs is 1. The molecule has 1 aliphatic carbocycles. The number of rotatable bonds is 5. The largest absolute Gasteiger partial charge is 0.310 e. The van der Waals surface area contributed by atoms with E-state index in [1.807, 2.05) is 0 Å². The highest BCUT2D eigenvalue weighted by Gasteiger charge is 2.16. The van der Waals surface area contributed by atoms with E-state index in [1.165, 1.54) is 47.9 Å². The summed E-state index contributed by atoms with van der Waals surface area (Å²) in [7, 11) is 0. The highest BCUT2D eigenvalue weighted by molar-refractivity contribution is 5.83. The van der Waals surface area contributed by atoms with Crippen LogP contribution < -0.4 is 5.32 Å². The van der Waals surface area contributed by atoms with Crippen molar-refractivity contribution in [3.05, 3.63) is 41.1 Å². The summed E-state index contributed by atoms with van der Waals surface area (Å²) in [5.41, 5.74) is 5.16. The predicted octanol–water partition coefficient (Wildman–Crippen LogP) is 5.51. The molecule has 2 aromatic rings. The van der Waals surface area contributed by atoms with Crippen LogP contribution in [-0.4, -0.2) is 11.0 Å². The summed E-state index contributed by atoms with van der Waals surface area (Å²) in [5.74, 6) is 1.02. The molecule has 1 aromatic carbocycles. The second kappa shape index (κ2) is 7.00. The molecule has 0 aliphatic heterocycles. The Kier molecular flexibility index (Phi) is 5.01. The molecule has 1 saturated carbocycles. The standard InChI is InChI=1S/C21H30N2/c1-14(2)16-9-10-20-19(11-16)17(12-21(23-20)15(3)4)13-22-18-7-5-6-8-18/h9-12,14-15,18,22H,5-8,13H2,1-4H3. The second-order valence-corrected chi connectivity index (χ2v) is 7.65. The maximum atomic E-state index is 4.89. The molecule has 124 valence electrons. The quantitative estimate of drug-likeness (QED) is 0.787. The topological polar surface area (TPSA) is 24.9 Å². The van der Waals surface area contributed by atoms with Gasteiger partial charge in [-0.1, -0.05) is 46.6 Å². The Morgan fingerprint density at radius 1 is 1.04 bits per heavy atom. The molecule has 1 aromatic heterocycles. The monoisotopic (exact) mass is 310 g/mol. The Hall–Kier alpha value is -1.41. The van der Waals surface area contributed by atoms with Crippen LogP contribution in [0.2, 0.25) is 0 Å². The summed E-state index contributed by atoms with van der Waals surface area (Å²) in [6.07, 6.45) is 5.42. The van der Waals surface area contributed by atoms with Crippen LogP contribution in [0.15, 0.2) is 24.3 Å². The van der Waals surface area contributed by atoms with E-state index in [2.05, 4.69) is 57.3 Å². The molecule has 0 spiro atoms. The van der Waals surface area contributed by atoms with Crippen LogP contribution in [0.4, 0.5) is 0 Å². The van der Waals surface area contributed by atoms with Crippen LogP contribution in [0, 0.1) is 0 Å². The minimum Gasteiger partial charge on any atom is -0.310 e. The van der Waals surface area contributed by atoms with E-state index in [9.17, 15) is 0 Å². The van der Waals surface area contributed by atoms with Crippen molar-refractivity contribution >= 4 is 10.9 Å². The number of nitrogens with one attached hydrogen (secondary N) is 1. The van der Waals surface area contributed by atoms with Gasteiger partial charge in [-0.05, 0) is 54.0 Å². The molecule has 2 nitrogen and oxygen atoms in total. The van der Waals surface area contributed by atoms with Gasteiger partial charge in [0.25, 0.3) is 0 Å². The lowest BCUT2D eigenvalue weighted by atomic mass is 9.97. The maximum absolute atomic E-state index is 4.89. The highest BCUT2D eigenvalue weighted by Crippen LogP contribution is 2.27. The van der Waals surface area contributed by atoms with Crippen molar-refractivity contribution in [1.82, 2.24) is 10.3 Å². The second-order valence-electron chi connectivity index (χ2n) is 7.65. The number of benzene rings is 1. The molecule has 1 fully saturated rings. The average Bonchev–Trinajstić information content (AvgIpc) is 3.05. The fraction of sp³-hybridized carbons (Fsp3) is 0.571. The van der Waals surface area contributed by atoms with Gasteiger partial charge in [0.1, 0.15) is 0 Å². The fourth-order valence-corrected chi connectivity index (χ4v) is 3.52. The van der Waals surface area contributed by atoms with Crippen molar-refractivity contribution in [3.63, 3.8) is 0 Å². The molecular weight excluding hydrogens is 280 g/mol. The Bertz CT molecular complexity index is 667. The number of aromatic nitrogens is 1. The zero-order valence-electron chi connectivity index (χ0n) is 15.0. The summed E-state index contributed by atoms with van der Waals surface area (Å²) in [6.45, 7) is 9.93. The Labute approximate surface area is 140 Å². The van der Waals surface area contributed by atoms with Gasteiger partial charge in [-0.25, -0.2) is 0 Å². The Morgan fingerprint density at radius 3 is 2.43 bits per heavy atom. The van der Waals surface area contributed by atoms with Crippen LogP contribution in [0.25, 0.3) is 10.9 Å². The summed E-state index contributed by atoms with van der Waals surface area (Å²) in [6, 6.07) is 9.81. The lowest BCUT2D eigenvalue weighted by Gasteiger charge is -2.17. The molecule has 0 unspecified atom stereocenters. The van der Waals surface area contributed by atoms with Gasteiger partial charge in [0.15, 0.2) is 0 Å². The van der Waals surface area contributed by atoms with Crippen molar-refractivity contribution in [3.8, 4) is 0 Å². The van der Waals surface area contributed by atoms with Crippen LogP contribution in [0.3, 0.4) is 0 Å². The molecule has 3 rings (SSSR count).